The summed E-state index contributed by atoms with van der Waals surface area (Å²) in [5.41, 5.74) is 1.52. The first-order chi connectivity index (χ1) is 7.47. The summed E-state index contributed by atoms with van der Waals surface area (Å²) in [6, 6.07) is 0.241. The van der Waals surface area contributed by atoms with E-state index >= 15 is 0 Å². The second-order valence-electron chi connectivity index (χ2n) is 4.34. The molecule has 0 aromatic carbocycles. The number of carbonyl (C=O) groups is 1. The summed E-state index contributed by atoms with van der Waals surface area (Å²) in [4.78, 5) is 10.7. The predicted molar refractivity (Wildman–Crippen MR) is 60.3 cm³/mol. The monoisotopic (exact) mass is 225 g/mol. The predicted octanol–water partition coefficient (Wildman–Crippen LogP) is 1.68. The van der Waals surface area contributed by atoms with Crippen LogP contribution in [0.4, 0.5) is 0 Å². The second kappa shape index (κ2) is 5.09. The molecule has 1 N–H and O–H groups in total. The quantitative estimate of drug-likeness (QED) is 0.827. The van der Waals surface area contributed by atoms with E-state index in [0.29, 0.717) is 11.6 Å². The summed E-state index contributed by atoms with van der Waals surface area (Å²) in [7, 11) is 0. The van der Waals surface area contributed by atoms with Crippen LogP contribution in [-0.4, -0.2) is 26.1 Å². The molecule has 0 radical (unpaired) electrons. The number of carboxylic acids is 1. The maximum atomic E-state index is 10.7. The summed E-state index contributed by atoms with van der Waals surface area (Å²) in [6.07, 6.45) is 0.709. The third-order valence-corrected chi connectivity index (χ3v) is 2.88. The van der Waals surface area contributed by atoms with Gasteiger partial charge in [-0.2, -0.15) is 0 Å². The minimum absolute atomic E-state index is 0.0476. The zero-order valence-electron chi connectivity index (χ0n) is 10.3. The van der Waals surface area contributed by atoms with E-state index in [1.165, 1.54) is 0 Å². The molecule has 0 bridgehead atoms. The van der Waals surface area contributed by atoms with Crippen LogP contribution in [0.1, 0.15) is 45.1 Å². The van der Waals surface area contributed by atoms with Gasteiger partial charge in [0.1, 0.15) is 0 Å². The maximum Gasteiger partial charge on any atom is 0.309 e. The van der Waals surface area contributed by atoms with Crippen molar-refractivity contribution in [2.24, 2.45) is 5.92 Å². The largest absolute Gasteiger partial charge is 0.481 e. The van der Waals surface area contributed by atoms with Crippen LogP contribution in [0.15, 0.2) is 0 Å². The molecular weight excluding hydrogens is 206 g/mol. The lowest BCUT2D eigenvalue weighted by Gasteiger charge is -2.17. The molecule has 1 heterocycles. The van der Waals surface area contributed by atoms with Gasteiger partial charge in [0, 0.05) is 0 Å². The van der Waals surface area contributed by atoms with E-state index in [2.05, 4.69) is 31.1 Å². The van der Waals surface area contributed by atoms with Gasteiger partial charge in [0.2, 0.25) is 0 Å². The Morgan fingerprint density at radius 2 is 2.06 bits per heavy atom. The highest BCUT2D eigenvalue weighted by Gasteiger charge is 2.19. The summed E-state index contributed by atoms with van der Waals surface area (Å²) in [6.45, 7) is 8.29. The number of carboxylic acid groups (broad SMARTS) is 1. The van der Waals surface area contributed by atoms with Crippen molar-refractivity contribution in [1.82, 2.24) is 15.0 Å². The van der Waals surface area contributed by atoms with Crippen molar-refractivity contribution in [3.63, 3.8) is 0 Å². The summed E-state index contributed by atoms with van der Waals surface area (Å²) >= 11 is 0. The Balaban J connectivity index is 3.03. The van der Waals surface area contributed by atoms with E-state index in [1.807, 2.05) is 11.6 Å². The SMILES string of the molecule is CCc1c(CC(=O)O)nnn1C(C)C(C)C. The molecule has 1 aromatic heterocycles. The number of aromatic nitrogens is 3. The number of hydrogen-bond acceptors (Lipinski definition) is 3. The van der Waals surface area contributed by atoms with Crippen LogP contribution in [0.25, 0.3) is 0 Å². The van der Waals surface area contributed by atoms with Gasteiger partial charge < -0.3 is 5.11 Å². The maximum absolute atomic E-state index is 10.7. The summed E-state index contributed by atoms with van der Waals surface area (Å²) in [5.74, 6) is -0.413. The van der Waals surface area contributed by atoms with Gasteiger partial charge in [0.15, 0.2) is 0 Å². The zero-order valence-corrected chi connectivity index (χ0v) is 10.3. The minimum Gasteiger partial charge on any atom is -0.481 e. The van der Waals surface area contributed by atoms with Crippen molar-refractivity contribution in [3.8, 4) is 0 Å². The molecule has 0 fully saturated rings. The van der Waals surface area contributed by atoms with Crippen molar-refractivity contribution in [2.45, 2.75) is 46.6 Å². The van der Waals surface area contributed by atoms with Gasteiger partial charge in [-0.25, -0.2) is 4.68 Å². The first kappa shape index (κ1) is 12.7. The fraction of sp³-hybridized carbons (Fsp3) is 0.727. The average molecular weight is 225 g/mol. The fourth-order valence-electron chi connectivity index (χ4n) is 1.60. The lowest BCUT2D eigenvalue weighted by Crippen LogP contribution is -2.16. The average Bonchev–Trinajstić information content (AvgIpc) is 2.58. The van der Waals surface area contributed by atoms with E-state index in [9.17, 15) is 4.79 Å². The number of nitrogens with zero attached hydrogens (tertiary/aromatic N) is 3. The molecule has 0 aliphatic heterocycles. The van der Waals surface area contributed by atoms with Gasteiger partial charge >= 0.3 is 5.97 Å². The molecule has 1 atom stereocenters. The first-order valence-corrected chi connectivity index (χ1v) is 5.62. The zero-order chi connectivity index (χ0) is 12.3. The Labute approximate surface area is 95.5 Å². The molecule has 1 rings (SSSR count). The van der Waals surface area contributed by atoms with Crippen LogP contribution in [0, 0.1) is 5.92 Å². The highest BCUT2D eigenvalue weighted by molar-refractivity contribution is 5.69. The molecule has 90 valence electrons. The Bertz CT molecular complexity index is 371. The number of aliphatic carboxylic acids is 1. The van der Waals surface area contributed by atoms with Gasteiger partial charge in [-0.3, -0.25) is 4.79 Å². The van der Waals surface area contributed by atoms with Crippen LogP contribution in [-0.2, 0) is 17.6 Å². The van der Waals surface area contributed by atoms with E-state index in [0.717, 1.165) is 12.1 Å². The molecule has 0 aliphatic carbocycles. The summed E-state index contributed by atoms with van der Waals surface area (Å²) in [5, 5.41) is 16.8. The smallest absolute Gasteiger partial charge is 0.309 e. The Hall–Kier alpha value is -1.39. The Kier molecular flexibility index (Phi) is 4.04. The highest BCUT2D eigenvalue weighted by Crippen LogP contribution is 2.19. The Morgan fingerprint density at radius 3 is 2.50 bits per heavy atom. The molecule has 0 saturated carbocycles. The van der Waals surface area contributed by atoms with Crippen molar-refractivity contribution < 1.29 is 9.90 Å². The van der Waals surface area contributed by atoms with E-state index in [4.69, 9.17) is 5.11 Å². The van der Waals surface area contributed by atoms with Crippen LogP contribution in [0.2, 0.25) is 0 Å². The van der Waals surface area contributed by atoms with Crippen molar-refractivity contribution in [1.29, 1.82) is 0 Å². The molecule has 1 aromatic rings. The molecule has 0 saturated heterocycles. The van der Waals surface area contributed by atoms with Crippen LogP contribution in [0.5, 0.6) is 0 Å². The lowest BCUT2D eigenvalue weighted by atomic mass is 10.1. The molecule has 1 unspecified atom stereocenters. The van der Waals surface area contributed by atoms with Crippen LogP contribution in [0.3, 0.4) is 0 Å². The molecule has 0 amide bonds. The van der Waals surface area contributed by atoms with E-state index in [-0.39, 0.29) is 12.5 Å². The topological polar surface area (TPSA) is 68.0 Å². The Morgan fingerprint density at radius 1 is 1.44 bits per heavy atom. The van der Waals surface area contributed by atoms with Crippen molar-refractivity contribution >= 4 is 5.97 Å². The molecular formula is C11H19N3O2. The fourth-order valence-corrected chi connectivity index (χ4v) is 1.60. The molecule has 5 heteroatoms. The first-order valence-electron chi connectivity index (χ1n) is 5.62. The van der Waals surface area contributed by atoms with Crippen LogP contribution < -0.4 is 0 Å². The highest BCUT2D eigenvalue weighted by atomic mass is 16.4. The van der Waals surface area contributed by atoms with E-state index in [1.54, 1.807) is 0 Å². The van der Waals surface area contributed by atoms with E-state index < -0.39 is 5.97 Å². The summed E-state index contributed by atoms with van der Waals surface area (Å²) < 4.78 is 1.85. The van der Waals surface area contributed by atoms with Gasteiger partial charge in [-0.05, 0) is 19.3 Å². The normalized spacial score (nSPS) is 13.1. The molecule has 5 nitrogen and oxygen atoms in total. The lowest BCUT2D eigenvalue weighted by molar-refractivity contribution is -0.136. The number of rotatable bonds is 5. The third kappa shape index (κ3) is 2.59. The van der Waals surface area contributed by atoms with Crippen LogP contribution >= 0.6 is 0 Å². The van der Waals surface area contributed by atoms with Gasteiger partial charge in [-0.15, -0.1) is 5.10 Å². The molecule has 16 heavy (non-hydrogen) atoms. The van der Waals surface area contributed by atoms with Gasteiger partial charge in [-0.1, -0.05) is 26.0 Å². The van der Waals surface area contributed by atoms with Crippen molar-refractivity contribution in [2.75, 3.05) is 0 Å². The van der Waals surface area contributed by atoms with Gasteiger partial charge in [0.05, 0.1) is 23.9 Å². The van der Waals surface area contributed by atoms with Crippen molar-refractivity contribution in [3.05, 3.63) is 11.4 Å². The third-order valence-electron chi connectivity index (χ3n) is 2.88. The molecule has 0 spiro atoms. The van der Waals surface area contributed by atoms with Gasteiger partial charge in [0.25, 0.3) is 0 Å². The number of hydrogen-bond donors (Lipinski definition) is 1. The minimum atomic E-state index is -0.862. The standard InChI is InChI=1S/C11H19N3O2/c1-5-10-9(6-11(15)16)12-13-14(10)8(4)7(2)3/h7-8H,5-6H2,1-4H3,(H,15,16). The second-order valence-corrected chi connectivity index (χ2v) is 4.34. The molecule has 0 aliphatic rings.